The van der Waals surface area contributed by atoms with Gasteiger partial charge in [-0.05, 0) is 24.8 Å². The third-order valence-electron chi connectivity index (χ3n) is 3.30. The van der Waals surface area contributed by atoms with Crippen molar-refractivity contribution in [2.75, 3.05) is 13.1 Å². The molecule has 0 aromatic carbocycles. The Balaban J connectivity index is 2.02. The predicted octanol–water partition coefficient (Wildman–Crippen LogP) is 1.85. The molecule has 5 nitrogen and oxygen atoms in total. The van der Waals surface area contributed by atoms with Crippen LogP contribution in [0.25, 0.3) is 0 Å². The van der Waals surface area contributed by atoms with Crippen LogP contribution in [-0.2, 0) is 17.8 Å². The molecule has 2 N–H and O–H groups in total. The molecular weight excluding hydrogens is 262 g/mol. The molecule has 0 aliphatic carbocycles. The van der Waals surface area contributed by atoms with Gasteiger partial charge in [0.2, 0.25) is 0 Å². The highest BCUT2D eigenvalue weighted by Gasteiger charge is 2.32. The molecule has 1 aromatic rings. The molecule has 1 aliphatic heterocycles. The molecule has 0 radical (unpaired) electrons. The molecule has 102 valence electrons. The van der Waals surface area contributed by atoms with Crippen LogP contribution >= 0.6 is 11.3 Å². The number of carboxylic acid groups (broad SMARTS) is 1. The summed E-state index contributed by atoms with van der Waals surface area (Å²) < 4.78 is 0. The van der Waals surface area contributed by atoms with E-state index >= 15 is 0 Å². The van der Waals surface area contributed by atoms with Crippen LogP contribution in [0.3, 0.4) is 0 Å². The second-order valence-electron chi connectivity index (χ2n) is 4.66. The summed E-state index contributed by atoms with van der Waals surface area (Å²) in [4.78, 5) is 18.6. The largest absolute Gasteiger partial charge is 0.481 e. The number of carbonyl (C=O) groups is 1. The van der Waals surface area contributed by atoms with Crippen molar-refractivity contribution < 1.29 is 9.90 Å². The molecule has 0 amide bonds. The fraction of sp³-hybridized carbons (Fsp3) is 0.462. The molecule has 2 rings (SSSR count). The van der Waals surface area contributed by atoms with E-state index in [0.29, 0.717) is 13.1 Å². The molecule has 1 aromatic heterocycles. The molecule has 1 saturated heterocycles. The van der Waals surface area contributed by atoms with Crippen molar-refractivity contribution in [3.05, 3.63) is 21.4 Å². The van der Waals surface area contributed by atoms with Crippen molar-refractivity contribution in [3.8, 4) is 0 Å². The van der Waals surface area contributed by atoms with Crippen molar-refractivity contribution in [1.29, 1.82) is 5.41 Å². The van der Waals surface area contributed by atoms with E-state index in [1.165, 1.54) is 0 Å². The number of hydrogen-bond acceptors (Lipinski definition) is 4. The van der Waals surface area contributed by atoms with Crippen molar-refractivity contribution in [1.82, 2.24) is 4.90 Å². The van der Waals surface area contributed by atoms with Crippen molar-refractivity contribution in [2.24, 2.45) is 10.9 Å². The van der Waals surface area contributed by atoms with E-state index < -0.39 is 5.97 Å². The molecular formula is C13H17N3O2S. The van der Waals surface area contributed by atoms with Crippen molar-refractivity contribution in [2.45, 2.75) is 19.9 Å². The number of likely N-dealkylation sites (tertiary alicyclic amines) is 1. The fourth-order valence-corrected chi connectivity index (χ4v) is 3.38. The third-order valence-corrected chi connectivity index (χ3v) is 4.47. The quantitative estimate of drug-likeness (QED) is 0.638. The summed E-state index contributed by atoms with van der Waals surface area (Å²) in [6, 6.07) is 2.09. The zero-order chi connectivity index (χ0) is 14.0. The lowest BCUT2D eigenvalue weighted by atomic mass is 10.0. The lowest BCUT2D eigenvalue weighted by Crippen LogP contribution is -2.49. The van der Waals surface area contributed by atoms with Crippen LogP contribution in [-0.4, -0.2) is 41.6 Å². The molecule has 19 heavy (non-hydrogen) atoms. The minimum Gasteiger partial charge on any atom is -0.481 e. The molecule has 0 atom stereocenters. The lowest BCUT2D eigenvalue weighted by molar-refractivity contribution is -0.147. The molecule has 1 fully saturated rings. The first-order chi connectivity index (χ1) is 9.05. The number of aryl methyl sites for hydroxylation is 1. The standard InChI is InChI=1S/C13H17N3O2S/c1-3-8-4-10(19-11(8)12(14)15-2)7-16-5-9(6-16)13(17)18/h4,9,14H,2-3,5-7H2,1H3,(H,17,18). The topological polar surface area (TPSA) is 76.8 Å². The van der Waals surface area contributed by atoms with Crippen molar-refractivity contribution in [3.63, 3.8) is 0 Å². The van der Waals surface area contributed by atoms with Gasteiger partial charge in [0.05, 0.1) is 10.8 Å². The van der Waals surface area contributed by atoms with Crippen LogP contribution in [0.1, 0.15) is 22.2 Å². The fourth-order valence-electron chi connectivity index (χ4n) is 2.17. The maximum absolute atomic E-state index is 10.7. The first-order valence-electron chi connectivity index (χ1n) is 6.17. The Bertz CT molecular complexity index is 518. The van der Waals surface area contributed by atoms with Crippen LogP contribution in [0, 0.1) is 11.3 Å². The number of thiophene rings is 1. The van der Waals surface area contributed by atoms with E-state index in [1.807, 2.05) is 0 Å². The number of nitrogens with zero attached hydrogens (tertiary/aromatic N) is 2. The minimum absolute atomic E-state index is 0.222. The minimum atomic E-state index is -0.713. The summed E-state index contributed by atoms with van der Waals surface area (Å²) in [5.41, 5.74) is 1.12. The number of aliphatic carboxylic acids is 1. The van der Waals surface area contributed by atoms with Crippen LogP contribution in [0.2, 0.25) is 0 Å². The Morgan fingerprint density at radius 1 is 1.68 bits per heavy atom. The Labute approximate surface area is 116 Å². The molecule has 0 saturated carbocycles. The normalized spacial score (nSPS) is 16.1. The highest BCUT2D eigenvalue weighted by Crippen LogP contribution is 2.27. The van der Waals surface area contributed by atoms with E-state index in [9.17, 15) is 4.79 Å². The summed E-state index contributed by atoms with van der Waals surface area (Å²) in [7, 11) is 0. The highest BCUT2D eigenvalue weighted by atomic mass is 32.1. The number of hydrogen-bond donors (Lipinski definition) is 2. The number of carboxylic acids is 1. The third kappa shape index (κ3) is 2.90. The second-order valence-corrected chi connectivity index (χ2v) is 5.79. The summed E-state index contributed by atoms with van der Waals surface area (Å²) in [5, 5.41) is 16.6. The molecule has 0 unspecified atom stereocenters. The number of rotatable bonds is 5. The monoisotopic (exact) mass is 279 g/mol. The number of nitrogens with one attached hydrogen (secondary N) is 1. The van der Waals surface area contributed by atoms with E-state index in [-0.39, 0.29) is 11.8 Å². The van der Waals surface area contributed by atoms with Crippen LogP contribution in [0.4, 0.5) is 0 Å². The van der Waals surface area contributed by atoms with Gasteiger partial charge in [-0.25, -0.2) is 4.99 Å². The van der Waals surface area contributed by atoms with Crippen LogP contribution < -0.4 is 0 Å². The lowest BCUT2D eigenvalue weighted by Gasteiger charge is -2.36. The predicted molar refractivity (Wildman–Crippen MR) is 76.5 cm³/mol. The van der Waals surface area contributed by atoms with E-state index in [1.54, 1.807) is 11.3 Å². The van der Waals surface area contributed by atoms with E-state index in [2.05, 4.69) is 29.6 Å². The zero-order valence-electron chi connectivity index (χ0n) is 10.8. The van der Waals surface area contributed by atoms with Gasteiger partial charge in [-0.15, -0.1) is 11.3 Å². The Morgan fingerprint density at radius 3 is 2.89 bits per heavy atom. The zero-order valence-corrected chi connectivity index (χ0v) is 11.7. The second kappa shape index (κ2) is 5.63. The van der Waals surface area contributed by atoms with Crippen LogP contribution in [0.15, 0.2) is 11.1 Å². The van der Waals surface area contributed by atoms with Gasteiger partial charge in [-0.2, -0.15) is 0 Å². The van der Waals surface area contributed by atoms with Gasteiger partial charge in [0.1, 0.15) is 0 Å². The van der Waals surface area contributed by atoms with Crippen molar-refractivity contribution >= 4 is 29.9 Å². The van der Waals surface area contributed by atoms with Gasteiger partial charge in [0.25, 0.3) is 0 Å². The highest BCUT2D eigenvalue weighted by molar-refractivity contribution is 7.14. The average molecular weight is 279 g/mol. The van der Waals surface area contributed by atoms with Gasteiger partial charge >= 0.3 is 5.97 Å². The SMILES string of the molecule is C=NC(=N)c1sc(CN2CC(C(=O)O)C2)cc1CC. The summed E-state index contributed by atoms with van der Waals surface area (Å²) >= 11 is 1.56. The first-order valence-corrected chi connectivity index (χ1v) is 6.99. The molecule has 2 heterocycles. The molecule has 6 heteroatoms. The van der Waals surface area contributed by atoms with Crippen LogP contribution in [0.5, 0.6) is 0 Å². The number of amidine groups is 1. The Kier molecular flexibility index (Phi) is 4.11. The van der Waals surface area contributed by atoms with E-state index in [0.717, 1.165) is 28.3 Å². The smallest absolute Gasteiger partial charge is 0.309 e. The Morgan fingerprint density at radius 2 is 2.37 bits per heavy atom. The first kappa shape index (κ1) is 13.9. The maximum Gasteiger partial charge on any atom is 0.309 e. The van der Waals surface area contributed by atoms with Gasteiger partial charge < -0.3 is 5.11 Å². The average Bonchev–Trinajstić information content (AvgIpc) is 2.74. The van der Waals surface area contributed by atoms with Gasteiger partial charge in [-0.3, -0.25) is 15.1 Å². The van der Waals surface area contributed by atoms with Gasteiger partial charge in [0, 0.05) is 24.5 Å². The molecule has 0 bridgehead atoms. The van der Waals surface area contributed by atoms with E-state index in [4.69, 9.17) is 10.5 Å². The Hall–Kier alpha value is -1.53. The molecule has 1 aliphatic rings. The maximum atomic E-state index is 10.7. The van der Waals surface area contributed by atoms with Gasteiger partial charge in [-0.1, -0.05) is 6.92 Å². The summed E-state index contributed by atoms with van der Waals surface area (Å²) in [6.45, 7) is 7.43. The molecule has 0 spiro atoms. The number of aliphatic imine (C=N–C) groups is 1. The summed E-state index contributed by atoms with van der Waals surface area (Å²) in [6.07, 6.45) is 0.863. The summed E-state index contributed by atoms with van der Waals surface area (Å²) in [5.74, 6) is -0.714. The van der Waals surface area contributed by atoms with Gasteiger partial charge in [0.15, 0.2) is 5.84 Å².